The molecular weight excluding hydrogens is 542 g/mol. The third-order valence-electron chi connectivity index (χ3n) is 6.79. The number of halogens is 1. The number of ether oxygens (including phenoxy) is 2. The van der Waals surface area contributed by atoms with E-state index in [1.807, 2.05) is 19.1 Å². The fourth-order valence-electron chi connectivity index (χ4n) is 4.60. The van der Waals surface area contributed by atoms with Crippen LogP contribution >= 0.6 is 11.6 Å². The summed E-state index contributed by atoms with van der Waals surface area (Å²) in [6.45, 7) is 2.13. The van der Waals surface area contributed by atoms with Crippen LogP contribution in [0, 0.1) is 6.92 Å². The predicted molar refractivity (Wildman–Crippen MR) is 145 cm³/mol. The maximum Gasteiger partial charge on any atom is 0.258 e. The molecule has 0 saturated carbocycles. The zero-order chi connectivity index (χ0) is 27.6. The van der Waals surface area contributed by atoms with Gasteiger partial charge in [-0.25, -0.2) is 8.42 Å². The number of hydrogen-bond donors (Lipinski definition) is 2. The molecule has 0 aromatic heterocycles. The van der Waals surface area contributed by atoms with Crippen molar-refractivity contribution in [3.8, 4) is 11.5 Å². The molecule has 11 heteroatoms. The highest BCUT2D eigenvalue weighted by Crippen LogP contribution is 2.29. The van der Waals surface area contributed by atoms with E-state index >= 15 is 0 Å². The number of aryl methyl sites for hydroxylation is 1. The number of rotatable bonds is 2. The Kier molecular flexibility index (Phi) is 7.79. The van der Waals surface area contributed by atoms with Gasteiger partial charge in [0.05, 0.1) is 11.1 Å². The fraction of sp³-hybridized carbons (Fsp3) is 0.286. The van der Waals surface area contributed by atoms with E-state index in [1.54, 1.807) is 42.5 Å². The Bertz CT molecular complexity index is 1500. The summed E-state index contributed by atoms with van der Waals surface area (Å²) in [7, 11) is -3.91. The first-order valence-electron chi connectivity index (χ1n) is 12.5. The number of sulfonamides is 1. The minimum Gasteiger partial charge on any atom is -0.488 e. The Balaban J connectivity index is 1.47. The summed E-state index contributed by atoms with van der Waals surface area (Å²) in [5, 5.41) is 5.92. The molecule has 9 nitrogen and oxygen atoms in total. The lowest BCUT2D eigenvalue weighted by Crippen LogP contribution is -2.58. The summed E-state index contributed by atoms with van der Waals surface area (Å²) in [6.07, 6.45) is -0.150. The molecule has 204 valence electrons. The minimum absolute atomic E-state index is 0.00428. The molecule has 0 aliphatic carbocycles. The van der Waals surface area contributed by atoms with E-state index in [1.165, 1.54) is 16.4 Å². The molecule has 3 aliphatic heterocycles. The van der Waals surface area contributed by atoms with Crippen molar-refractivity contribution in [1.82, 2.24) is 14.9 Å². The monoisotopic (exact) mass is 569 g/mol. The molecule has 3 aromatic carbocycles. The predicted octanol–water partition coefficient (Wildman–Crippen LogP) is 3.30. The summed E-state index contributed by atoms with van der Waals surface area (Å²) in [5.41, 5.74) is 1.96. The second-order valence-corrected chi connectivity index (χ2v) is 11.8. The molecule has 0 spiro atoms. The zero-order valence-electron chi connectivity index (χ0n) is 21.2. The van der Waals surface area contributed by atoms with E-state index in [9.17, 15) is 18.0 Å². The molecule has 2 atom stereocenters. The number of carbonyl (C=O) groups is 2. The summed E-state index contributed by atoms with van der Waals surface area (Å²) in [4.78, 5) is 25.7. The lowest BCUT2D eigenvalue weighted by atomic mass is 10.0. The first-order chi connectivity index (χ1) is 18.7. The topological polar surface area (TPSA) is 114 Å². The first-order valence-corrected chi connectivity index (χ1v) is 14.3. The Morgan fingerprint density at radius 1 is 1.03 bits per heavy atom. The van der Waals surface area contributed by atoms with E-state index in [-0.39, 0.29) is 35.5 Å². The van der Waals surface area contributed by atoms with E-state index in [2.05, 4.69) is 10.6 Å². The fourth-order valence-corrected chi connectivity index (χ4v) is 6.57. The van der Waals surface area contributed by atoms with Crippen molar-refractivity contribution < 1.29 is 27.5 Å². The molecule has 0 radical (unpaired) electrons. The van der Waals surface area contributed by atoms with E-state index in [0.29, 0.717) is 30.0 Å². The van der Waals surface area contributed by atoms with Crippen LogP contribution in [0.1, 0.15) is 27.9 Å². The van der Waals surface area contributed by atoms with Crippen LogP contribution in [0.5, 0.6) is 11.5 Å². The standard InChI is InChI=1S/C28H28ClN3O6S/c1-18-6-9-20-14-25(18)37-17-27(33)30-15-19-7-10-21(11-8-19)38-24-12-13-32(16-23(24)31-28(20)34)39(35,36)26-5-3-2-4-22(26)29/h2-11,14,23-24H,12-13,15-17H2,1H3,(H,30,33)(H,31,34)/t23-,24-/m0/s1. The van der Waals surface area contributed by atoms with Gasteiger partial charge >= 0.3 is 0 Å². The maximum absolute atomic E-state index is 13.5. The van der Waals surface area contributed by atoms with Crippen molar-refractivity contribution in [2.45, 2.75) is 36.9 Å². The van der Waals surface area contributed by atoms with Crippen molar-refractivity contribution in [1.29, 1.82) is 0 Å². The molecule has 3 aliphatic rings. The molecule has 1 saturated heterocycles. The van der Waals surface area contributed by atoms with Gasteiger partial charge in [-0.05, 0) is 54.4 Å². The average molecular weight is 570 g/mol. The molecule has 6 rings (SSSR count). The first kappa shape index (κ1) is 27.0. The average Bonchev–Trinajstić information content (AvgIpc) is 2.92. The number of piperidine rings is 1. The Labute approximate surface area is 232 Å². The van der Waals surface area contributed by atoms with Crippen molar-refractivity contribution in [3.63, 3.8) is 0 Å². The van der Waals surface area contributed by atoms with Crippen LogP contribution in [0.25, 0.3) is 0 Å². The summed E-state index contributed by atoms with van der Waals surface area (Å²) in [5.74, 6) is 0.270. The quantitative estimate of drug-likeness (QED) is 0.489. The van der Waals surface area contributed by atoms with Gasteiger partial charge in [-0.15, -0.1) is 0 Å². The van der Waals surface area contributed by atoms with Crippen LogP contribution in [-0.4, -0.2) is 56.4 Å². The summed E-state index contributed by atoms with van der Waals surface area (Å²) in [6, 6.07) is 17.8. The molecule has 2 amide bonds. The van der Waals surface area contributed by atoms with E-state index in [0.717, 1.165) is 11.1 Å². The molecule has 3 heterocycles. The molecule has 1 fully saturated rings. The Morgan fingerprint density at radius 3 is 2.56 bits per heavy atom. The van der Waals surface area contributed by atoms with Crippen LogP contribution in [-0.2, 0) is 21.4 Å². The highest BCUT2D eigenvalue weighted by atomic mass is 35.5. The van der Waals surface area contributed by atoms with Gasteiger partial charge in [-0.3, -0.25) is 9.59 Å². The minimum atomic E-state index is -3.91. The van der Waals surface area contributed by atoms with Gasteiger partial charge in [0.15, 0.2) is 6.61 Å². The number of benzene rings is 3. The smallest absolute Gasteiger partial charge is 0.258 e. The van der Waals surface area contributed by atoms with E-state index in [4.69, 9.17) is 21.1 Å². The number of hydrogen-bond acceptors (Lipinski definition) is 6. The van der Waals surface area contributed by atoms with Crippen LogP contribution in [0.15, 0.2) is 71.6 Å². The van der Waals surface area contributed by atoms with Gasteiger partial charge in [-0.1, -0.05) is 41.9 Å². The normalized spacial score (nSPS) is 20.6. The second kappa shape index (κ2) is 11.3. The number of carbonyl (C=O) groups excluding carboxylic acids is 2. The molecule has 3 aromatic rings. The highest BCUT2D eigenvalue weighted by molar-refractivity contribution is 7.89. The summed E-state index contributed by atoms with van der Waals surface area (Å²) < 4.78 is 40.2. The van der Waals surface area contributed by atoms with Gasteiger partial charge in [0.25, 0.3) is 11.8 Å². The van der Waals surface area contributed by atoms with Gasteiger partial charge in [0, 0.05) is 31.6 Å². The molecule has 2 N–H and O–H groups in total. The lowest BCUT2D eigenvalue weighted by molar-refractivity contribution is -0.123. The van der Waals surface area contributed by atoms with E-state index < -0.39 is 28.1 Å². The van der Waals surface area contributed by atoms with Crippen molar-refractivity contribution in [3.05, 3.63) is 88.4 Å². The van der Waals surface area contributed by atoms with Crippen molar-refractivity contribution >= 4 is 33.4 Å². The number of nitrogens with zero attached hydrogens (tertiary/aromatic N) is 1. The van der Waals surface area contributed by atoms with Crippen LogP contribution in [0.2, 0.25) is 5.02 Å². The molecular formula is C28H28ClN3O6S. The van der Waals surface area contributed by atoms with Crippen LogP contribution in [0.4, 0.5) is 0 Å². The van der Waals surface area contributed by atoms with Gasteiger partial charge in [0.1, 0.15) is 22.5 Å². The number of fused-ring (bicyclic) bond motifs is 7. The van der Waals surface area contributed by atoms with Crippen molar-refractivity contribution in [2.75, 3.05) is 19.7 Å². The lowest BCUT2D eigenvalue weighted by Gasteiger charge is -2.38. The maximum atomic E-state index is 13.5. The van der Waals surface area contributed by atoms with Crippen molar-refractivity contribution in [2.24, 2.45) is 0 Å². The summed E-state index contributed by atoms with van der Waals surface area (Å²) >= 11 is 6.22. The van der Waals surface area contributed by atoms with Gasteiger partial charge < -0.3 is 20.1 Å². The van der Waals surface area contributed by atoms with Crippen LogP contribution < -0.4 is 20.1 Å². The van der Waals surface area contributed by atoms with Crippen LogP contribution in [0.3, 0.4) is 0 Å². The largest absolute Gasteiger partial charge is 0.488 e. The third kappa shape index (κ3) is 6.03. The Hall–Kier alpha value is -3.60. The molecule has 0 unspecified atom stereocenters. The van der Waals surface area contributed by atoms with Gasteiger partial charge in [-0.2, -0.15) is 4.31 Å². The zero-order valence-corrected chi connectivity index (χ0v) is 22.8. The molecule has 39 heavy (non-hydrogen) atoms. The number of amides is 2. The number of nitrogens with one attached hydrogen (secondary N) is 2. The SMILES string of the molecule is Cc1ccc2cc1OCC(=O)NCc1ccc(cc1)O[C@H]1CCN(S(=O)(=O)c3ccccc3Cl)C[C@@H]1NC2=O. The third-order valence-corrected chi connectivity index (χ3v) is 9.16. The second-order valence-electron chi connectivity index (χ2n) is 9.51. The molecule has 4 bridgehead atoms. The van der Waals surface area contributed by atoms with Gasteiger partial charge in [0.2, 0.25) is 10.0 Å². The Morgan fingerprint density at radius 2 is 1.79 bits per heavy atom. The highest BCUT2D eigenvalue weighted by Gasteiger charge is 2.38.